The second-order valence-corrected chi connectivity index (χ2v) is 10.3. The Hall–Kier alpha value is -1.82. The summed E-state index contributed by atoms with van der Waals surface area (Å²) in [7, 11) is 0. The van der Waals surface area contributed by atoms with E-state index in [4.69, 9.17) is 0 Å². The molecule has 0 aromatic heterocycles. The van der Waals surface area contributed by atoms with Gasteiger partial charge in [0.05, 0.1) is 0 Å². The molecule has 0 bridgehead atoms. The van der Waals surface area contributed by atoms with Gasteiger partial charge >= 0.3 is 144 Å². The Bertz CT molecular complexity index is 767. The first-order valence-corrected chi connectivity index (χ1v) is 10.6. The molecular weight excluding hydrogens is 343 g/mol. The Balaban J connectivity index is 2.22. The SMILES string of the molecule is Cc1ccc([Se+](c2ccccc2)c2ccc(C)cc2C)c(C)c1. The Morgan fingerprint density at radius 1 is 0.565 bits per heavy atom. The molecule has 0 heterocycles. The fraction of sp³-hybridized carbons (Fsp3) is 0.182. The zero-order valence-corrected chi connectivity index (χ0v) is 16.0. The van der Waals surface area contributed by atoms with Crippen molar-refractivity contribution in [2.45, 2.75) is 27.7 Å². The van der Waals surface area contributed by atoms with Gasteiger partial charge in [-0.1, -0.05) is 0 Å². The van der Waals surface area contributed by atoms with Gasteiger partial charge in [0.15, 0.2) is 0 Å². The molecule has 0 aliphatic carbocycles. The molecule has 0 unspecified atom stereocenters. The summed E-state index contributed by atoms with van der Waals surface area (Å²) in [5.41, 5.74) is 5.51. The van der Waals surface area contributed by atoms with Crippen LogP contribution in [0, 0.1) is 27.7 Å². The van der Waals surface area contributed by atoms with Gasteiger partial charge in [-0.05, 0) is 0 Å². The molecule has 3 aromatic carbocycles. The molecule has 0 fully saturated rings. The third kappa shape index (κ3) is 3.42. The van der Waals surface area contributed by atoms with Gasteiger partial charge in [0.25, 0.3) is 0 Å². The quantitative estimate of drug-likeness (QED) is 0.623. The van der Waals surface area contributed by atoms with E-state index in [1.54, 1.807) is 0 Å². The molecule has 1 heteroatoms. The average molecular weight is 366 g/mol. The fourth-order valence-corrected chi connectivity index (χ4v) is 7.90. The molecule has 23 heavy (non-hydrogen) atoms. The summed E-state index contributed by atoms with van der Waals surface area (Å²) in [6.45, 7) is 8.85. The normalized spacial score (nSPS) is 11.0. The molecule has 0 spiro atoms. The van der Waals surface area contributed by atoms with Crippen LogP contribution in [0.1, 0.15) is 22.3 Å². The van der Waals surface area contributed by atoms with E-state index in [9.17, 15) is 0 Å². The number of rotatable bonds is 3. The molecule has 0 saturated carbocycles. The fourth-order valence-electron chi connectivity index (χ4n) is 2.99. The van der Waals surface area contributed by atoms with Crippen molar-refractivity contribution in [3.63, 3.8) is 0 Å². The van der Waals surface area contributed by atoms with Crippen LogP contribution in [0.2, 0.25) is 0 Å². The molecule has 0 atom stereocenters. The van der Waals surface area contributed by atoms with Crippen LogP contribution in [0.4, 0.5) is 0 Å². The average Bonchev–Trinajstić information content (AvgIpc) is 2.52. The van der Waals surface area contributed by atoms with E-state index < -0.39 is 13.9 Å². The molecule has 0 saturated heterocycles. The standard InChI is InChI=1S/C22H23Se/c1-16-10-12-21(18(3)14-16)23(20-8-6-5-7-9-20)22-13-11-17(2)15-19(22)4/h5-15H,1-4H3/q+1. The predicted octanol–water partition coefficient (Wildman–Crippen LogP) is 3.44. The number of benzene rings is 3. The van der Waals surface area contributed by atoms with Crippen LogP contribution in [-0.2, 0) is 0 Å². The minimum absolute atomic E-state index is 1.26. The Morgan fingerprint density at radius 3 is 1.48 bits per heavy atom. The van der Waals surface area contributed by atoms with E-state index >= 15 is 0 Å². The Labute approximate surface area is 144 Å². The van der Waals surface area contributed by atoms with Crippen molar-refractivity contribution >= 4 is 27.3 Å². The zero-order valence-electron chi connectivity index (χ0n) is 14.3. The van der Waals surface area contributed by atoms with Gasteiger partial charge in [0, 0.05) is 0 Å². The Kier molecular flexibility index (Phi) is 4.71. The second-order valence-electron chi connectivity index (χ2n) is 6.16. The molecule has 3 aromatic rings. The summed E-state index contributed by atoms with van der Waals surface area (Å²) in [6.07, 6.45) is 0. The van der Waals surface area contributed by atoms with Crippen molar-refractivity contribution in [1.82, 2.24) is 0 Å². The Morgan fingerprint density at radius 2 is 1.04 bits per heavy atom. The van der Waals surface area contributed by atoms with Gasteiger partial charge in [0.2, 0.25) is 0 Å². The molecule has 116 valence electrons. The van der Waals surface area contributed by atoms with Crippen molar-refractivity contribution in [1.29, 1.82) is 0 Å². The van der Waals surface area contributed by atoms with E-state index in [2.05, 4.69) is 94.4 Å². The maximum absolute atomic E-state index is 2.35. The van der Waals surface area contributed by atoms with Crippen molar-refractivity contribution in [3.05, 3.63) is 89.0 Å². The van der Waals surface area contributed by atoms with Crippen molar-refractivity contribution < 1.29 is 0 Å². The van der Waals surface area contributed by atoms with Crippen LogP contribution in [-0.4, -0.2) is 13.9 Å². The maximum atomic E-state index is 2.35. The summed E-state index contributed by atoms with van der Waals surface area (Å²) >= 11 is -1.26. The van der Waals surface area contributed by atoms with Gasteiger partial charge < -0.3 is 0 Å². The van der Waals surface area contributed by atoms with Crippen LogP contribution in [0.15, 0.2) is 66.7 Å². The summed E-state index contributed by atoms with van der Waals surface area (Å²) in [5.74, 6) is 0. The van der Waals surface area contributed by atoms with Crippen molar-refractivity contribution in [3.8, 4) is 0 Å². The van der Waals surface area contributed by atoms with E-state index in [0.717, 1.165) is 0 Å². The molecular formula is C22H23Se+. The van der Waals surface area contributed by atoms with Gasteiger partial charge in [-0.2, -0.15) is 0 Å². The first-order chi connectivity index (χ1) is 11.1. The zero-order chi connectivity index (χ0) is 16.4. The third-order valence-corrected chi connectivity index (χ3v) is 9.41. The molecule has 0 nitrogen and oxygen atoms in total. The van der Waals surface area contributed by atoms with Crippen LogP contribution >= 0.6 is 0 Å². The molecule has 0 aliphatic rings. The minimum atomic E-state index is -1.26. The topological polar surface area (TPSA) is 0 Å². The first-order valence-electron chi connectivity index (χ1n) is 8.00. The summed E-state index contributed by atoms with van der Waals surface area (Å²) in [5, 5.41) is 0. The van der Waals surface area contributed by atoms with Crippen molar-refractivity contribution in [2.75, 3.05) is 0 Å². The monoisotopic (exact) mass is 367 g/mol. The number of hydrogen-bond acceptors (Lipinski definition) is 0. The summed E-state index contributed by atoms with van der Waals surface area (Å²) in [6, 6.07) is 24.9. The molecule has 0 amide bonds. The van der Waals surface area contributed by atoms with E-state index in [-0.39, 0.29) is 0 Å². The molecule has 3 rings (SSSR count). The molecule has 0 N–H and O–H groups in total. The third-order valence-electron chi connectivity index (χ3n) is 4.08. The van der Waals surface area contributed by atoms with E-state index in [1.807, 2.05) is 0 Å². The molecule has 0 aliphatic heterocycles. The van der Waals surface area contributed by atoms with E-state index in [1.165, 1.54) is 35.6 Å². The van der Waals surface area contributed by atoms with Crippen LogP contribution in [0.25, 0.3) is 0 Å². The first kappa shape index (κ1) is 16.1. The summed E-state index contributed by atoms with van der Waals surface area (Å²) in [4.78, 5) is 0. The van der Waals surface area contributed by atoms with Gasteiger partial charge in [-0.15, -0.1) is 0 Å². The van der Waals surface area contributed by atoms with Crippen LogP contribution in [0.5, 0.6) is 0 Å². The molecule has 0 radical (unpaired) electrons. The van der Waals surface area contributed by atoms with Crippen LogP contribution < -0.4 is 13.4 Å². The van der Waals surface area contributed by atoms with Gasteiger partial charge in [-0.25, -0.2) is 0 Å². The van der Waals surface area contributed by atoms with E-state index in [0.29, 0.717) is 0 Å². The summed E-state index contributed by atoms with van der Waals surface area (Å²) < 4.78 is 4.52. The van der Waals surface area contributed by atoms with Gasteiger partial charge in [0.1, 0.15) is 0 Å². The number of hydrogen-bond donors (Lipinski definition) is 0. The second kappa shape index (κ2) is 6.74. The van der Waals surface area contributed by atoms with Gasteiger partial charge in [-0.3, -0.25) is 0 Å². The van der Waals surface area contributed by atoms with Crippen molar-refractivity contribution in [2.24, 2.45) is 0 Å². The number of aryl methyl sites for hydroxylation is 4. The van der Waals surface area contributed by atoms with Crippen LogP contribution in [0.3, 0.4) is 0 Å². The predicted molar refractivity (Wildman–Crippen MR) is 103 cm³/mol.